The molecule has 2 aromatic rings. The highest BCUT2D eigenvalue weighted by Crippen LogP contribution is 2.15. The fraction of sp³-hybridized carbons (Fsp3) is 0.300. The van der Waals surface area contributed by atoms with Crippen LogP contribution in [-0.2, 0) is 13.0 Å². The Morgan fingerprint density at radius 3 is 3.20 bits per heavy atom. The van der Waals surface area contributed by atoms with Crippen LogP contribution in [0.1, 0.15) is 11.3 Å². The van der Waals surface area contributed by atoms with Gasteiger partial charge >= 0.3 is 0 Å². The molecule has 1 aliphatic rings. The normalized spacial score (nSPS) is 14.9. The first-order valence-electron chi connectivity index (χ1n) is 4.99. The van der Waals surface area contributed by atoms with Crippen molar-refractivity contribution in [2.75, 3.05) is 6.54 Å². The van der Waals surface area contributed by atoms with E-state index in [1.807, 2.05) is 12.3 Å². The van der Waals surface area contributed by atoms with Crippen molar-refractivity contribution in [3.8, 4) is 11.5 Å². The van der Waals surface area contributed by atoms with Gasteiger partial charge in [-0.2, -0.15) is 5.10 Å². The van der Waals surface area contributed by atoms with E-state index in [4.69, 9.17) is 0 Å². The molecule has 3 rings (SSSR count). The number of aromatic amines is 1. The zero-order chi connectivity index (χ0) is 10.1. The lowest BCUT2D eigenvalue weighted by atomic mass is 10.1. The molecule has 0 saturated carbocycles. The van der Waals surface area contributed by atoms with Crippen LogP contribution in [0.3, 0.4) is 0 Å². The van der Waals surface area contributed by atoms with Crippen molar-refractivity contribution in [3.05, 3.63) is 29.7 Å². The molecule has 5 heteroatoms. The average molecular weight is 201 g/mol. The molecule has 76 valence electrons. The van der Waals surface area contributed by atoms with Gasteiger partial charge < -0.3 is 5.32 Å². The van der Waals surface area contributed by atoms with Crippen LogP contribution in [0.4, 0.5) is 0 Å². The molecule has 0 saturated heterocycles. The maximum atomic E-state index is 4.53. The summed E-state index contributed by atoms with van der Waals surface area (Å²) in [4.78, 5) is 8.85. The second kappa shape index (κ2) is 3.43. The lowest BCUT2D eigenvalue weighted by Crippen LogP contribution is -2.24. The predicted octanol–water partition coefficient (Wildman–Crippen LogP) is 0.512. The van der Waals surface area contributed by atoms with E-state index in [1.165, 1.54) is 5.56 Å². The van der Waals surface area contributed by atoms with Gasteiger partial charge in [-0.3, -0.25) is 5.10 Å². The number of aromatic nitrogens is 4. The van der Waals surface area contributed by atoms with Crippen molar-refractivity contribution < 1.29 is 0 Å². The molecule has 0 fully saturated rings. The zero-order valence-electron chi connectivity index (χ0n) is 8.20. The van der Waals surface area contributed by atoms with E-state index in [0.717, 1.165) is 36.7 Å². The highest BCUT2D eigenvalue weighted by atomic mass is 15.1. The third kappa shape index (κ3) is 1.50. The monoisotopic (exact) mass is 201 g/mol. The second-order valence-corrected chi connectivity index (χ2v) is 3.56. The number of H-pyrrole nitrogens is 1. The lowest BCUT2D eigenvalue weighted by molar-refractivity contribution is 0.626. The fourth-order valence-corrected chi connectivity index (χ4v) is 1.75. The molecular formula is C10H11N5. The molecule has 0 bridgehead atoms. The van der Waals surface area contributed by atoms with Gasteiger partial charge in [-0.05, 0) is 6.07 Å². The summed E-state index contributed by atoms with van der Waals surface area (Å²) in [7, 11) is 0. The quantitative estimate of drug-likeness (QED) is 0.705. The first-order valence-corrected chi connectivity index (χ1v) is 4.99. The summed E-state index contributed by atoms with van der Waals surface area (Å²) in [6, 6.07) is 1.88. The van der Waals surface area contributed by atoms with Gasteiger partial charge in [0.1, 0.15) is 5.69 Å². The smallest absolute Gasteiger partial charge is 0.177 e. The molecule has 0 radical (unpaired) electrons. The van der Waals surface area contributed by atoms with Crippen LogP contribution in [0.2, 0.25) is 0 Å². The Balaban J connectivity index is 2.04. The summed E-state index contributed by atoms with van der Waals surface area (Å²) in [6.07, 6.45) is 4.57. The number of rotatable bonds is 1. The number of fused-ring (bicyclic) bond motifs is 1. The molecule has 2 N–H and O–H groups in total. The van der Waals surface area contributed by atoms with Crippen molar-refractivity contribution in [2.24, 2.45) is 0 Å². The summed E-state index contributed by atoms with van der Waals surface area (Å²) >= 11 is 0. The molecule has 15 heavy (non-hydrogen) atoms. The van der Waals surface area contributed by atoms with Crippen molar-refractivity contribution in [2.45, 2.75) is 13.0 Å². The predicted molar refractivity (Wildman–Crippen MR) is 55.0 cm³/mol. The zero-order valence-corrected chi connectivity index (χ0v) is 8.20. The summed E-state index contributed by atoms with van der Waals surface area (Å²) < 4.78 is 0. The van der Waals surface area contributed by atoms with Crippen LogP contribution in [0.15, 0.2) is 18.5 Å². The molecule has 0 aliphatic carbocycles. The number of hydrogen-bond acceptors (Lipinski definition) is 4. The lowest BCUT2D eigenvalue weighted by Gasteiger charge is -2.15. The Kier molecular flexibility index (Phi) is 1.96. The fourth-order valence-electron chi connectivity index (χ4n) is 1.75. The Hall–Kier alpha value is -1.75. The molecular weight excluding hydrogens is 190 g/mol. The average Bonchev–Trinajstić information content (AvgIpc) is 2.82. The summed E-state index contributed by atoms with van der Waals surface area (Å²) in [5, 5.41) is 10.1. The number of hydrogen-bond donors (Lipinski definition) is 2. The van der Waals surface area contributed by atoms with Gasteiger partial charge in [0.15, 0.2) is 5.82 Å². The third-order valence-electron chi connectivity index (χ3n) is 2.55. The van der Waals surface area contributed by atoms with Crippen molar-refractivity contribution in [3.63, 3.8) is 0 Å². The van der Waals surface area contributed by atoms with Gasteiger partial charge in [0.25, 0.3) is 0 Å². The van der Waals surface area contributed by atoms with E-state index in [-0.39, 0.29) is 0 Å². The first-order chi connectivity index (χ1) is 7.43. The van der Waals surface area contributed by atoms with Crippen LogP contribution in [0.25, 0.3) is 11.5 Å². The van der Waals surface area contributed by atoms with E-state index < -0.39 is 0 Å². The SMILES string of the molecule is c1cc(-c2ncc3c(n2)CCNC3)[nH]n1. The third-order valence-corrected chi connectivity index (χ3v) is 2.55. The van der Waals surface area contributed by atoms with E-state index in [9.17, 15) is 0 Å². The van der Waals surface area contributed by atoms with E-state index >= 15 is 0 Å². The minimum Gasteiger partial charge on any atom is -0.312 e. The summed E-state index contributed by atoms with van der Waals surface area (Å²) in [5.41, 5.74) is 3.22. The summed E-state index contributed by atoms with van der Waals surface area (Å²) in [5.74, 6) is 0.730. The Morgan fingerprint density at radius 2 is 2.33 bits per heavy atom. The highest BCUT2D eigenvalue weighted by molar-refractivity contribution is 5.48. The first kappa shape index (κ1) is 8.55. The number of nitrogens with one attached hydrogen (secondary N) is 2. The Bertz CT molecular complexity index is 463. The van der Waals surface area contributed by atoms with E-state index in [2.05, 4.69) is 25.5 Å². The van der Waals surface area contributed by atoms with Crippen LogP contribution in [-0.4, -0.2) is 26.7 Å². The molecule has 0 atom stereocenters. The van der Waals surface area contributed by atoms with Crippen LogP contribution >= 0.6 is 0 Å². The standard InChI is InChI=1S/C10H11N5/c1-3-11-5-7-6-12-10(14-8(1)7)9-2-4-13-15-9/h2,4,6,11H,1,3,5H2,(H,13,15). The molecule has 0 spiro atoms. The van der Waals surface area contributed by atoms with Gasteiger partial charge in [-0.15, -0.1) is 0 Å². The maximum Gasteiger partial charge on any atom is 0.177 e. The van der Waals surface area contributed by atoms with Crippen LogP contribution in [0, 0.1) is 0 Å². The van der Waals surface area contributed by atoms with Gasteiger partial charge in [-0.25, -0.2) is 9.97 Å². The van der Waals surface area contributed by atoms with Crippen molar-refractivity contribution in [1.29, 1.82) is 0 Å². The molecule has 1 aliphatic heterocycles. The van der Waals surface area contributed by atoms with Gasteiger partial charge in [0.2, 0.25) is 0 Å². The minimum absolute atomic E-state index is 0.730. The van der Waals surface area contributed by atoms with Crippen molar-refractivity contribution in [1.82, 2.24) is 25.5 Å². The second-order valence-electron chi connectivity index (χ2n) is 3.56. The topological polar surface area (TPSA) is 66.5 Å². The largest absolute Gasteiger partial charge is 0.312 e. The molecule has 5 nitrogen and oxygen atoms in total. The molecule has 0 unspecified atom stereocenters. The minimum atomic E-state index is 0.730. The van der Waals surface area contributed by atoms with Crippen molar-refractivity contribution >= 4 is 0 Å². The Morgan fingerprint density at radius 1 is 1.33 bits per heavy atom. The van der Waals surface area contributed by atoms with Crippen LogP contribution in [0.5, 0.6) is 0 Å². The Labute approximate surface area is 87.0 Å². The molecule has 0 amide bonds. The van der Waals surface area contributed by atoms with Gasteiger partial charge in [0, 0.05) is 37.5 Å². The highest BCUT2D eigenvalue weighted by Gasteiger charge is 2.12. The van der Waals surface area contributed by atoms with E-state index in [0.29, 0.717) is 0 Å². The molecule has 0 aromatic carbocycles. The molecule has 3 heterocycles. The summed E-state index contributed by atoms with van der Waals surface area (Å²) in [6.45, 7) is 1.87. The maximum absolute atomic E-state index is 4.53. The molecule has 2 aromatic heterocycles. The van der Waals surface area contributed by atoms with Gasteiger partial charge in [0.05, 0.1) is 5.69 Å². The number of nitrogens with zero attached hydrogens (tertiary/aromatic N) is 3. The van der Waals surface area contributed by atoms with Crippen LogP contribution < -0.4 is 5.32 Å². The van der Waals surface area contributed by atoms with Gasteiger partial charge in [-0.1, -0.05) is 0 Å². The van der Waals surface area contributed by atoms with E-state index in [1.54, 1.807) is 6.20 Å².